The zero-order chi connectivity index (χ0) is 12.1. The Morgan fingerprint density at radius 2 is 1.47 bits per heavy atom. The van der Waals surface area contributed by atoms with Crippen LogP contribution in [0.1, 0.15) is 5.56 Å². The van der Waals surface area contributed by atoms with Crippen molar-refractivity contribution in [3.63, 3.8) is 0 Å². The molecule has 0 heterocycles. The summed E-state index contributed by atoms with van der Waals surface area (Å²) in [4.78, 5) is 10.3. The van der Waals surface area contributed by atoms with Crippen LogP contribution in [-0.4, -0.2) is 6.29 Å². The van der Waals surface area contributed by atoms with Crippen LogP contribution in [0.5, 0.6) is 0 Å². The van der Waals surface area contributed by atoms with Gasteiger partial charge in [0.25, 0.3) is 0 Å². The predicted molar refractivity (Wildman–Crippen MR) is 71.8 cm³/mol. The Bertz CT molecular complexity index is 527. The van der Waals surface area contributed by atoms with E-state index in [4.69, 9.17) is 11.6 Å². The number of allylic oxidation sites excluding steroid dienone is 1. The average Bonchev–Trinajstić information content (AvgIpc) is 2.40. The lowest BCUT2D eigenvalue weighted by atomic mass is 10.0. The molecule has 0 aliphatic rings. The van der Waals surface area contributed by atoms with Crippen molar-refractivity contribution in [3.05, 3.63) is 66.2 Å². The average molecular weight is 243 g/mol. The van der Waals surface area contributed by atoms with Crippen molar-refractivity contribution in [1.82, 2.24) is 0 Å². The highest BCUT2D eigenvalue weighted by molar-refractivity contribution is 6.49. The second kappa shape index (κ2) is 5.46. The Morgan fingerprint density at radius 3 is 2.06 bits per heavy atom. The largest absolute Gasteiger partial charge is 0.299 e. The van der Waals surface area contributed by atoms with Crippen LogP contribution in [0.25, 0.3) is 16.2 Å². The molecule has 2 heteroatoms. The molecule has 0 spiro atoms. The Hall–Kier alpha value is -1.86. The monoisotopic (exact) mass is 242 g/mol. The van der Waals surface area contributed by atoms with Crippen molar-refractivity contribution < 1.29 is 4.79 Å². The van der Waals surface area contributed by atoms with Gasteiger partial charge in [0.15, 0.2) is 0 Å². The number of hydrogen-bond acceptors (Lipinski definition) is 1. The van der Waals surface area contributed by atoms with Crippen LogP contribution in [0.4, 0.5) is 0 Å². The topological polar surface area (TPSA) is 17.1 Å². The number of carbonyl (C=O) groups excluding carboxylic acids is 1. The number of rotatable bonds is 3. The molecule has 0 bridgehead atoms. The zero-order valence-electron chi connectivity index (χ0n) is 9.14. The lowest BCUT2D eigenvalue weighted by Crippen LogP contribution is -1.80. The minimum Gasteiger partial charge on any atom is -0.299 e. The molecule has 2 aromatic rings. The van der Waals surface area contributed by atoms with Crippen LogP contribution < -0.4 is 0 Å². The van der Waals surface area contributed by atoms with Gasteiger partial charge >= 0.3 is 0 Å². The maximum absolute atomic E-state index is 10.3. The van der Waals surface area contributed by atoms with Gasteiger partial charge in [-0.3, -0.25) is 4.79 Å². The zero-order valence-corrected chi connectivity index (χ0v) is 9.89. The molecule has 2 rings (SSSR count). The molecule has 1 nitrogen and oxygen atoms in total. The maximum Gasteiger partial charge on any atom is 0.144 e. The summed E-state index contributed by atoms with van der Waals surface area (Å²) in [6.07, 6.45) is 2.03. The lowest BCUT2D eigenvalue weighted by molar-refractivity contribution is -0.104. The third-order valence-corrected chi connectivity index (χ3v) is 2.83. The molecule has 0 aliphatic carbocycles. The second-order valence-electron chi connectivity index (χ2n) is 3.59. The Labute approximate surface area is 105 Å². The molecule has 0 N–H and O–H groups in total. The highest BCUT2D eigenvalue weighted by atomic mass is 35.5. The lowest BCUT2D eigenvalue weighted by Gasteiger charge is -2.03. The van der Waals surface area contributed by atoms with Crippen molar-refractivity contribution in [1.29, 1.82) is 0 Å². The van der Waals surface area contributed by atoms with Crippen LogP contribution in [0.2, 0.25) is 0 Å². The summed E-state index contributed by atoms with van der Waals surface area (Å²) in [5.41, 5.74) is 3.14. The number of aldehydes is 1. The van der Waals surface area contributed by atoms with Crippen LogP contribution in [0.3, 0.4) is 0 Å². The summed E-state index contributed by atoms with van der Waals surface area (Å²) in [5.74, 6) is 0. The molecule has 0 fully saturated rings. The number of halogens is 1. The van der Waals surface area contributed by atoms with E-state index >= 15 is 0 Å². The molecular formula is C15H11ClO. The molecule has 84 valence electrons. The van der Waals surface area contributed by atoms with Crippen molar-refractivity contribution >= 4 is 22.9 Å². The molecule has 2 aromatic carbocycles. The van der Waals surface area contributed by atoms with Gasteiger partial charge < -0.3 is 0 Å². The van der Waals surface area contributed by atoms with E-state index < -0.39 is 0 Å². The van der Waals surface area contributed by atoms with Gasteiger partial charge in [-0.15, -0.1) is 0 Å². The van der Waals surface area contributed by atoms with Crippen LogP contribution >= 0.6 is 11.6 Å². The predicted octanol–water partition coefficient (Wildman–Crippen LogP) is 4.13. The number of benzene rings is 2. The summed E-state index contributed by atoms with van der Waals surface area (Å²) >= 11 is 5.93. The van der Waals surface area contributed by atoms with E-state index in [9.17, 15) is 4.79 Å². The quantitative estimate of drug-likeness (QED) is 0.584. The van der Waals surface area contributed by atoms with Gasteiger partial charge in [0.05, 0.1) is 5.03 Å². The van der Waals surface area contributed by atoms with Crippen molar-refractivity contribution in [2.24, 2.45) is 0 Å². The molecule has 0 aliphatic heterocycles. The fourth-order valence-electron chi connectivity index (χ4n) is 1.61. The first-order valence-corrected chi connectivity index (χ1v) is 5.66. The van der Waals surface area contributed by atoms with Gasteiger partial charge in [-0.05, 0) is 22.8 Å². The van der Waals surface area contributed by atoms with Crippen molar-refractivity contribution in [3.8, 4) is 11.1 Å². The minimum absolute atomic E-state index is 0.458. The van der Waals surface area contributed by atoms with E-state index in [0.29, 0.717) is 11.3 Å². The Balaban J connectivity index is 2.31. The highest BCUT2D eigenvalue weighted by Gasteiger charge is 1.99. The van der Waals surface area contributed by atoms with E-state index in [-0.39, 0.29) is 0 Å². The summed E-state index contributed by atoms with van der Waals surface area (Å²) in [6.45, 7) is 0. The van der Waals surface area contributed by atoms with Gasteiger partial charge in [0, 0.05) is 0 Å². The molecule has 17 heavy (non-hydrogen) atoms. The first-order valence-electron chi connectivity index (χ1n) is 5.28. The van der Waals surface area contributed by atoms with Crippen molar-refractivity contribution in [2.45, 2.75) is 0 Å². The SMILES string of the molecule is O=C/C=C(/Cl)c1ccc(-c2ccccc2)cc1. The summed E-state index contributed by atoms with van der Waals surface area (Å²) in [7, 11) is 0. The second-order valence-corrected chi connectivity index (χ2v) is 4.00. The normalized spacial score (nSPS) is 11.2. The molecule has 0 radical (unpaired) electrons. The van der Waals surface area contributed by atoms with Gasteiger partial charge in [0.1, 0.15) is 6.29 Å². The van der Waals surface area contributed by atoms with E-state index in [1.54, 1.807) is 0 Å². The smallest absolute Gasteiger partial charge is 0.144 e. The highest BCUT2D eigenvalue weighted by Crippen LogP contribution is 2.23. The van der Waals surface area contributed by atoms with Gasteiger partial charge in [-0.2, -0.15) is 0 Å². The van der Waals surface area contributed by atoms with Crippen LogP contribution in [0.15, 0.2) is 60.7 Å². The van der Waals surface area contributed by atoms with E-state index in [1.165, 1.54) is 6.08 Å². The number of carbonyl (C=O) groups is 1. The first-order chi connectivity index (χ1) is 8.31. The molecule has 0 atom stereocenters. The van der Waals surface area contributed by atoms with Gasteiger partial charge in [-0.25, -0.2) is 0 Å². The fourth-order valence-corrected chi connectivity index (χ4v) is 1.79. The minimum atomic E-state index is 0.458. The molecule has 0 aromatic heterocycles. The van der Waals surface area contributed by atoms with E-state index in [1.807, 2.05) is 42.5 Å². The third kappa shape index (κ3) is 2.83. The first kappa shape index (κ1) is 11.6. The van der Waals surface area contributed by atoms with Crippen LogP contribution in [0, 0.1) is 0 Å². The molecule has 0 amide bonds. The number of hydrogen-bond donors (Lipinski definition) is 0. The van der Waals surface area contributed by atoms with E-state index in [0.717, 1.165) is 16.7 Å². The third-order valence-electron chi connectivity index (χ3n) is 2.48. The Morgan fingerprint density at radius 1 is 0.882 bits per heavy atom. The summed E-state index contributed by atoms with van der Waals surface area (Å²) in [6, 6.07) is 17.9. The molecule has 0 saturated heterocycles. The fraction of sp³-hybridized carbons (Fsp3) is 0. The maximum atomic E-state index is 10.3. The standard InChI is InChI=1S/C15H11ClO/c16-15(10-11-17)14-8-6-13(7-9-14)12-4-2-1-3-5-12/h1-11H/b15-10+. The van der Waals surface area contributed by atoms with Gasteiger partial charge in [-0.1, -0.05) is 66.2 Å². The van der Waals surface area contributed by atoms with E-state index in [2.05, 4.69) is 12.1 Å². The molecule has 0 unspecified atom stereocenters. The van der Waals surface area contributed by atoms with Crippen LogP contribution in [-0.2, 0) is 4.79 Å². The summed E-state index contributed by atoms with van der Waals surface area (Å²) < 4.78 is 0. The molecular weight excluding hydrogens is 232 g/mol. The van der Waals surface area contributed by atoms with Gasteiger partial charge in [0.2, 0.25) is 0 Å². The Kier molecular flexibility index (Phi) is 3.73. The summed E-state index contributed by atoms with van der Waals surface area (Å²) in [5, 5.41) is 0.458. The molecule has 0 saturated carbocycles. The van der Waals surface area contributed by atoms with Crippen molar-refractivity contribution in [2.75, 3.05) is 0 Å².